The van der Waals surface area contributed by atoms with Crippen LogP contribution in [0.5, 0.6) is 0 Å². The van der Waals surface area contributed by atoms with Gasteiger partial charge in [0.15, 0.2) is 0 Å². The summed E-state index contributed by atoms with van der Waals surface area (Å²) in [6.07, 6.45) is 0.0980. The highest BCUT2D eigenvalue weighted by Crippen LogP contribution is 2.19. The van der Waals surface area contributed by atoms with Crippen molar-refractivity contribution in [3.63, 3.8) is 0 Å². The summed E-state index contributed by atoms with van der Waals surface area (Å²) in [7, 11) is 1.26. The van der Waals surface area contributed by atoms with Crippen LogP contribution < -0.4 is 5.32 Å². The van der Waals surface area contributed by atoms with E-state index < -0.39 is 16.7 Å². The van der Waals surface area contributed by atoms with E-state index in [1.54, 1.807) is 0 Å². The molecule has 1 aromatic carbocycles. The minimum atomic E-state index is -0.709. The summed E-state index contributed by atoms with van der Waals surface area (Å²) in [5, 5.41) is 13.2. The van der Waals surface area contributed by atoms with Crippen LogP contribution in [0.3, 0.4) is 0 Å². The summed E-state index contributed by atoms with van der Waals surface area (Å²) >= 11 is 0. The van der Waals surface area contributed by atoms with Gasteiger partial charge in [-0.1, -0.05) is 0 Å². The molecule has 0 amide bonds. The second-order valence-electron chi connectivity index (χ2n) is 3.21. The van der Waals surface area contributed by atoms with E-state index >= 15 is 0 Å². The number of non-ortho nitro benzene ring substituents is 1. The SMILES string of the molecule is COC(=O)CCNc1cc(F)cc([N+](=O)[O-])c1. The van der Waals surface area contributed by atoms with Gasteiger partial charge in [0.1, 0.15) is 5.82 Å². The van der Waals surface area contributed by atoms with E-state index in [-0.39, 0.29) is 24.3 Å². The number of esters is 1. The van der Waals surface area contributed by atoms with Crippen molar-refractivity contribution >= 4 is 17.3 Å². The Hall–Kier alpha value is -2.18. The van der Waals surface area contributed by atoms with E-state index in [1.807, 2.05) is 0 Å². The number of ether oxygens (including phenoxy) is 1. The molecule has 6 nitrogen and oxygen atoms in total. The predicted octanol–water partition coefficient (Wildman–Crippen LogP) is 1.71. The number of nitrogens with one attached hydrogen (secondary N) is 1. The van der Waals surface area contributed by atoms with Crippen LogP contribution in [-0.4, -0.2) is 24.5 Å². The lowest BCUT2D eigenvalue weighted by Crippen LogP contribution is -2.09. The number of benzene rings is 1. The molecule has 0 spiro atoms. The number of nitro groups is 1. The quantitative estimate of drug-likeness (QED) is 0.483. The zero-order valence-electron chi connectivity index (χ0n) is 9.10. The van der Waals surface area contributed by atoms with Gasteiger partial charge in [-0.25, -0.2) is 4.39 Å². The Morgan fingerprint density at radius 1 is 1.53 bits per heavy atom. The molecular weight excluding hydrogens is 231 g/mol. The van der Waals surface area contributed by atoms with Crippen LogP contribution in [-0.2, 0) is 9.53 Å². The van der Waals surface area contributed by atoms with Crippen molar-refractivity contribution in [1.29, 1.82) is 0 Å². The number of rotatable bonds is 5. The Morgan fingerprint density at radius 2 is 2.24 bits per heavy atom. The first-order valence-electron chi connectivity index (χ1n) is 4.78. The number of hydrogen-bond donors (Lipinski definition) is 1. The van der Waals surface area contributed by atoms with E-state index in [0.717, 1.165) is 12.1 Å². The second kappa shape index (κ2) is 5.78. The van der Waals surface area contributed by atoms with Crippen molar-refractivity contribution in [2.45, 2.75) is 6.42 Å². The smallest absolute Gasteiger partial charge is 0.307 e. The van der Waals surface area contributed by atoms with E-state index in [1.165, 1.54) is 13.2 Å². The molecule has 0 fully saturated rings. The van der Waals surface area contributed by atoms with Crippen LogP contribution in [0.25, 0.3) is 0 Å². The molecule has 0 bridgehead atoms. The van der Waals surface area contributed by atoms with Crippen molar-refractivity contribution in [1.82, 2.24) is 0 Å². The van der Waals surface area contributed by atoms with Gasteiger partial charge in [0.25, 0.3) is 5.69 Å². The average Bonchev–Trinajstić information content (AvgIpc) is 2.28. The lowest BCUT2D eigenvalue weighted by Gasteiger charge is -2.05. The predicted molar refractivity (Wildman–Crippen MR) is 58.2 cm³/mol. The first-order valence-corrected chi connectivity index (χ1v) is 4.78. The number of nitrogens with zero attached hydrogens (tertiary/aromatic N) is 1. The fourth-order valence-corrected chi connectivity index (χ4v) is 1.19. The van der Waals surface area contributed by atoms with Crippen LogP contribution in [0.1, 0.15) is 6.42 Å². The molecule has 0 atom stereocenters. The van der Waals surface area contributed by atoms with Crippen LogP contribution in [0.2, 0.25) is 0 Å². The van der Waals surface area contributed by atoms with E-state index in [0.29, 0.717) is 0 Å². The molecule has 0 aliphatic rings. The fourth-order valence-electron chi connectivity index (χ4n) is 1.19. The molecule has 0 saturated heterocycles. The number of halogens is 1. The molecule has 0 aliphatic heterocycles. The Balaban J connectivity index is 2.65. The molecule has 0 unspecified atom stereocenters. The van der Waals surface area contributed by atoms with Crippen LogP contribution >= 0.6 is 0 Å². The van der Waals surface area contributed by atoms with Crippen molar-refractivity contribution < 1.29 is 18.8 Å². The first kappa shape index (κ1) is 12.9. The Kier molecular flexibility index (Phi) is 4.38. The second-order valence-corrected chi connectivity index (χ2v) is 3.21. The van der Waals surface area contributed by atoms with Crippen molar-refractivity contribution in [3.05, 3.63) is 34.1 Å². The van der Waals surface area contributed by atoms with E-state index in [4.69, 9.17) is 0 Å². The van der Waals surface area contributed by atoms with Gasteiger partial charge >= 0.3 is 5.97 Å². The standard InChI is InChI=1S/C10H11FN2O4/c1-17-10(14)2-3-12-8-4-7(11)5-9(6-8)13(15)16/h4-6,12H,2-3H2,1H3. The molecule has 0 aromatic heterocycles. The third-order valence-corrected chi connectivity index (χ3v) is 1.98. The zero-order valence-corrected chi connectivity index (χ0v) is 9.10. The number of anilines is 1. The van der Waals surface area contributed by atoms with Gasteiger partial charge in [0.2, 0.25) is 0 Å². The fraction of sp³-hybridized carbons (Fsp3) is 0.300. The van der Waals surface area contributed by atoms with Crippen molar-refractivity contribution in [2.24, 2.45) is 0 Å². The van der Waals surface area contributed by atoms with Gasteiger partial charge in [-0.2, -0.15) is 0 Å². The molecule has 0 aliphatic carbocycles. The summed E-state index contributed by atoms with van der Waals surface area (Å²) in [4.78, 5) is 20.6. The van der Waals surface area contributed by atoms with Crippen LogP contribution in [0.15, 0.2) is 18.2 Å². The van der Waals surface area contributed by atoms with Gasteiger partial charge in [-0.05, 0) is 6.07 Å². The molecule has 0 heterocycles. The molecule has 0 radical (unpaired) electrons. The maximum Gasteiger partial charge on any atom is 0.307 e. The normalized spacial score (nSPS) is 9.76. The van der Waals surface area contributed by atoms with Gasteiger partial charge < -0.3 is 10.1 Å². The maximum absolute atomic E-state index is 13.0. The monoisotopic (exact) mass is 242 g/mol. The molecular formula is C10H11FN2O4. The number of methoxy groups -OCH3 is 1. The molecule has 1 N–H and O–H groups in total. The largest absolute Gasteiger partial charge is 0.469 e. The molecule has 1 rings (SSSR count). The summed E-state index contributed by atoms with van der Waals surface area (Å²) < 4.78 is 17.4. The van der Waals surface area contributed by atoms with Crippen molar-refractivity contribution in [3.8, 4) is 0 Å². The summed E-state index contributed by atoms with van der Waals surface area (Å²) in [6.45, 7) is 0.216. The van der Waals surface area contributed by atoms with Crippen LogP contribution in [0.4, 0.5) is 15.8 Å². The third-order valence-electron chi connectivity index (χ3n) is 1.98. The summed E-state index contributed by atoms with van der Waals surface area (Å²) in [5.74, 6) is -1.12. The number of nitro benzene ring substituents is 1. The maximum atomic E-state index is 13.0. The molecule has 17 heavy (non-hydrogen) atoms. The van der Waals surface area contributed by atoms with Gasteiger partial charge in [-0.15, -0.1) is 0 Å². The highest BCUT2D eigenvalue weighted by atomic mass is 19.1. The lowest BCUT2D eigenvalue weighted by atomic mass is 10.2. The van der Waals surface area contributed by atoms with Crippen LogP contribution in [0, 0.1) is 15.9 Å². The minimum Gasteiger partial charge on any atom is -0.469 e. The lowest BCUT2D eigenvalue weighted by molar-refractivity contribution is -0.385. The zero-order chi connectivity index (χ0) is 12.8. The van der Waals surface area contributed by atoms with E-state index in [9.17, 15) is 19.3 Å². The Bertz CT molecular complexity index is 436. The molecule has 1 aromatic rings. The van der Waals surface area contributed by atoms with E-state index in [2.05, 4.69) is 10.1 Å². The molecule has 0 saturated carbocycles. The number of carbonyl (C=O) groups is 1. The first-order chi connectivity index (χ1) is 8.02. The topological polar surface area (TPSA) is 81.5 Å². The average molecular weight is 242 g/mol. The van der Waals surface area contributed by atoms with Crippen molar-refractivity contribution in [2.75, 3.05) is 19.0 Å². The summed E-state index contributed by atoms with van der Waals surface area (Å²) in [5.41, 5.74) is -0.0915. The highest BCUT2D eigenvalue weighted by Gasteiger charge is 2.09. The Labute approximate surface area is 96.5 Å². The minimum absolute atomic E-state index is 0.0980. The molecule has 92 valence electrons. The number of carbonyl (C=O) groups excluding carboxylic acids is 1. The van der Waals surface area contributed by atoms with Gasteiger partial charge in [-0.3, -0.25) is 14.9 Å². The highest BCUT2D eigenvalue weighted by molar-refractivity contribution is 5.69. The third kappa shape index (κ3) is 4.06. The molecule has 7 heteroatoms. The number of hydrogen-bond acceptors (Lipinski definition) is 5. The summed E-state index contributed by atoms with van der Waals surface area (Å²) in [6, 6.07) is 3.14. The van der Waals surface area contributed by atoms with Gasteiger partial charge in [0.05, 0.1) is 24.5 Å². The van der Waals surface area contributed by atoms with Gasteiger partial charge in [0, 0.05) is 18.3 Å². The Morgan fingerprint density at radius 3 is 2.82 bits per heavy atom.